The van der Waals surface area contributed by atoms with Crippen LogP contribution in [0.5, 0.6) is 5.75 Å². The Morgan fingerprint density at radius 2 is 1.63 bits per heavy atom. The van der Waals surface area contributed by atoms with Crippen molar-refractivity contribution in [2.75, 3.05) is 16.6 Å². The number of carbonyl (C=O) groups excluding carboxylic acids is 1. The zero-order chi connectivity index (χ0) is 21.6. The van der Waals surface area contributed by atoms with E-state index in [1.807, 2.05) is 19.1 Å². The van der Waals surface area contributed by atoms with Crippen LogP contribution in [0.25, 0.3) is 0 Å². The van der Waals surface area contributed by atoms with Gasteiger partial charge in [0.2, 0.25) is 0 Å². The molecule has 0 saturated heterocycles. The number of benzene rings is 3. The lowest BCUT2D eigenvalue weighted by molar-refractivity contribution is 0.102. The molecule has 0 aliphatic heterocycles. The third kappa shape index (κ3) is 5.61. The highest BCUT2D eigenvalue weighted by atomic mass is 79.9. The van der Waals surface area contributed by atoms with Crippen molar-refractivity contribution in [1.29, 1.82) is 0 Å². The van der Waals surface area contributed by atoms with E-state index in [0.717, 1.165) is 10.9 Å². The van der Waals surface area contributed by atoms with Crippen LogP contribution in [0.4, 0.5) is 11.4 Å². The van der Waals surface area contributed by atoms with E-state index in [9.17, 15) is 13.2 Å². The third-order valence-electron chi connectivity index (χ3n) is 4.12. The monoisotopic (exact) mass is 488 g/mol. The van der Waals surface area contributed by atoms with Gasteiger partial charge < -0.3 is 10.1 Å². The van der Waals surface area contributed by atoms with Crippen molar-refractivity contribution in [3.05, 3.63) is 82.8 Å². The van der Waals surface area contributed by atoms with Gasteiger partial charge >= 0.3 is 0 Å². The largest absolute Gasteiger partial charge is 0.491 e. The topological polar surface area (TPSA) is 84.5 Å². The second kappa shape index (κ2) is 9.77. The molecule has 0 atom stereocenters. The minimum absolute atomic E-state index is 0.149. The van der Waals surface area contributed by atoms with Gasteiger partial charge in [-0.3, -0.25) is 9.52 Å². The highest BCUT2D eigenvalue weighted by Crippen LogP contribution is 2.25. The van der Waals surface area contributed by atoms with Crippen LogP contribution in [-0.2, 0) is 10.0 Å². The van der Waals surface area contributed by atoms with Crippen LogP contribution in [0.1, 0.15) is 23.7 Å². The molecule has 3 aromatic carbocycles. The molecule has 0 unspecified atom stereocenters. The van der Waals surface area contributed by atoms with E-state index < -0.39 is 10.0 Å². The number of rotatable bonds is 8. The fourth-order valence-electron chi connectivity index (χ4n) is 2.62. The van der Waals surface area contributed by atoms with Crippen molar-refractivity contribution in [3.8, 4) is 5.75 Å². The van der Waals surface area contributed by atoms with Gasteiger partial charge in [0.25, 0.3) is 15.9 Å². The van der Waals surface area contributed by atoms with Crippen molar-refractivity contribution in [2.24, 2.45) is 0 Å². The van der Waals surface area contributed by atoms with Gasteiger partial charge in [-0.2, -0.15) is 0 Å². The molecule has 156 valence electrons. The average Bonchev–Trinajstić information content (AvgIpc) is 2.73. The summed E-state index contributed by atoms with van der Waals surface area (Å²) in [5.41, 5.74) is 1.34. The molecular formula is C22H21BrN2O4S. The molecule has 0 saturated carbocycles. The summed E-state index contributed by atoms with van der Waals surface area (Å²) in [4.78, 5) is 12.7. The molecule has 0 aliphatic rings. The number of ether oxygens (including phenoxy) is 1. The first-order valence-electron chi connectivity index (χ1n) is 9.30. The zero-order valence-corrected chi connectivity index (χ0v) is 18.7. The summed E-state index contributed by atoms with van der Waals surface area (Å²) >= 11 is 3.28. The fraction of sp³-hybridized carbons (Fsp3) is 0.136. The summed E-state index contributed by atoms with van der Waals surface area (Å²) in [5.74, 6) is 0.288. The van der Waals surface area contributed by atoms with Gasteiger partial charge in [0.15, 0.2) is 0 Å². The number of hydrogen-bond donors (Lipinski definition) is 2. The van der Waals surface area contributed by atoms with Crippen LogP contribution in [-0.4, -0.2) is 20.9 Å². The molecule has 0 heterocycles. The van der Waals surface area contributed by atoms with E-state index in [1.165, 1.54) is 12.1 Å². The maximum atomic E-state index is 12.6. The number of carbonyl (C=O) groups is 1. The maximum absolute atomic E-state index is 12.6. The fourth-order valence-corrected chi connectivity index (χ4v) is 3.94. The van der Waals surface area contributed by atoms with Gasteiger partial charge in [-0.25, -0.2) is 8.42 Å². The SMILES string of the molecule is CCCOc1ccccc1NC(=O)c1ccc(NS(=O)(=O)c2ccc(Br)cc2)cc1. The highest BCUT2D eigenvalue weighted by Gasteiger charge is 2.15. The standard InChI is InChI=1S/C22H21BrN2O4S/c1-2-15-29-21-6-4-3-5-20(21)24-22(26)16-7-11-18(12-8-16)25-30(27,28)19-13-9-17(23)10-14-19/h3-14,25H,2,15H2,1H3,(H,24,26). The van der Waals surface area contributed by atoms with E-state index in [4.69, 9.17) is 4.74 Å². The minimum atomic E-state index is -3.71. The highest BCUT2D eigenvalue weighted by molar-refractivity contribution is 9.10. The number of anilines is 2. The van der Waals surface area contributed by atoms with E-state index in [2.05, 4.69) is 26.0 Å². The molecule has 30 heavy (non-hydrogen) atoms. The second-order valence-electron chi connectivity index (χ2n) is 6.44. The summed E-state index contributed by atoms with van der Waals surface area (Å²) in [6.07, 6.45) is 0.861. The van der Waals surface area contributed by atoms with Gasteiger partial charge in [0.05, 0.1) is 17.2 Å². The number of para-hydroxylation sites is 2. The molecule has 0 fully saturated rings. The predicted octanol–water partition coefficient (Wildman–Crippen LogP) is 5.29. The summed E-state index contributed by atoms with van der Waals surface area (Å²) in [6, 6.07) is 19.8. The molecule has 1 amide bonds. The van der Waals surface area contributed by atoms with Crippen LogP contribution in [0.2, 0.25) is 0 Å². The molecule has 6 nitrogen and oxygen atoms in total. The Morgan fingerprint density at radius 3 is 2.30 bits per heavy atom. The van der Waals surface area contributed by atoms with Gasteiger partial charge in [-0.15, -0.1) is 0 Å². The van der Waals surface area contributed by atoms with Gasteiger partial charge in [-0.05, 0) is 67.1 Å². The molecule has 0 spiro atoms. The number of sulfonamides is 1. The third-order valence-corrected chi connectivity index (χ3v) is 6.05. The number of amides is 1. The molecular weight excluding hydrogens is 468 g/mol. The minimum Gasteiger partial charge on any atom is -0.491 e. The Kier molecular flexibility index (Phi) is 7.12. The van der Waals surface area contributed by atoms with E-state index in [-0.39, 0.29) is 10.8 Å². The molecule has 3 rings (SSSR count). The lowest BCUT2D eigenvalue weighted by Gasteiger charge is -2.12. The van der Waals surface area contributed by atoms with Crippen LogP contribution >= 0.6 is 15.9 Å². The lowest BCUT2D eigenvalue weighted by Crippen LogP contribution is -2.14. The number of halogens is 1. The smallest absolute Gasteiger partial charge is 0.261 e. The Morgan fingerprint density at radius 1 is 0.967 bits per heavy atom. The Labute approximate surface area is 184 Å². The average molecular weight is 489 g/mol. The van der Waals surface area contributed by atoms with Gasteiger partial charge in [0, 0.05) is 15.7 Å². The summed E-state index contributed by atoms with van der Waals surface area (Å²) in [5, 5.41) is 2.83. The Balaban J connectivity index is 1.70. The molecule has 0 radical (unpaired) electrons. The first-order chi connectivity index (χ1) is 14.4. The summed E-state index contributed by atoms with van der Waals surface area (Å²) in [6.45, 7) is 2.56. The van der Waals surface area contributed by atoms with Crippen LogP contribution in [0, 0.1) is 0 Å². The van der Waals surface area contributed by atoms with E-state index >= 15 is 0 Å². The second-order valence-corrected chi connectivity index (χ2v) is 9.03. The maximum Gasteiger partial charge on any atom is 0.261 e. The molecule has 0 aliphatic carbocycles. The molecule has 0 aromatic heterocycles. The quantitative estimate of drug-likeness (QED) is 0.450. The van der Waals surface area contributed by atoms with Crippen molar-refractivity contribution in [3.63, 3.8) is 0 Å². The normalized spacial score (nSPS) is 11.0. The summed E-state index contributed by atoms with van der Waals surface area (Å²) < 4.78 is 33.9. The van der Waals surface area contributed by atoms with E-state index in [0.29, 0.717) is 29.3 Å². The van der Waals surface area contributed by atoms with Crippen LogP contribution in [0.15, 0.2) is 82.2 Å². The first-order valence-corrected chi connectivity index (χ1v) is 11.6. The molecule has 8 heteroatoms. The number of hydrogen-bond acceptors (Lipinski definition) is 4. The van der Waals surface area contributed by atoms with Crippen molar-refractivity contribution >= 4 is 43.2 Å². The Hall–Kier alpha value is -2.84. The van der Waals surface area contributed by atoms with Gasteiger partial charge in [0.1, 0.15) is 5.75 Å². The predicted molar refractivity (Wildman–Crippen MR) is 122 cm³/mol. The van der Waals surface area contributed by atoms with Crippen molar-refractivity contribution < 1.29 is 17.9 Å². The van der Waals surface area contributed by atoms with Crippen molar-refractivity contribution in [1.82, 2.24) is 0 Å². The zero-order valence-electron chi connectivity index (χ0n) is 16.3. The Bertz CT molecular complexity index is 1110. The summed E-state index contributed by atoms with van der Waals surface area (Å²) in [7, 11) is -3.71. The van der Waals surface area contributed by atoms with Gasteiger partial charge in [-0.1, -0.05) is 35.0 Å². The van der Waals surface area contributed by atoms with Crippen molar-refractivity contribution in [2.45, 2.75) is 18.2 Å². The van der Waals surface area contributed by atoms with E-state index in [1.54, 1.807) is 48.5 Å². The molecule has 2 N–H and O–H groups in total. The lowest BCUT2D eigenvalue weighted by atomic mass is 10.2. The first kappa shape index (κ1) is 21.9. The van der Waals surface area contributed by atoms with Crippen LogP contribution < -0.4 is 14.8 Å². The molecule has 3 aromatic rings. The van der Waals surface area contributed by atoms with Crippen LogP contribution in [0.3, 0.4) is 0 Å². The molecule has 0 bridgehead atoms. The number of nitrogens with one attached hydrogen (secondary N) is 2.